The number of nitrogens with zero attached hydrogens (tertiary/aromatic N) is 1. The lowest BCUT2D eigenvalue weighted by Crippen LogP contribution is -2.38. The van der Waals surface area contributed by atoms with Crippen LogP contribution in [0.15, 0.2) is 35.3 Å². The van der Waals surface area contributed by atoms with E-state index in [1.807, 2.05) is 0 Å². The van der Waals surface area contributed by atoms with Crippen LogP contribution in [0.5, 0.6) is 0 Å². The Labute approximate surface area is 141 Å². The Bertz CT molecular complexity index is 821. The zero-order valence-electron chi connectivity index (χ0n) is 12.8. The fourth-order valence-electron chi connectivity index (χ4n) is 2.52. The molecule has 5 nitrogen and oxygen atoms in total. The molecule has 0 saturated carbocycles. The molecule has 1 aromatic heterocycles. The lowest BCUT2D eigenvalue weighted by Gasteiger charge is -2.33. The van der Waals surface area contributed by atoms with E-state index < -0.39 is 22.5 Å². The summed E-state index contributed by atoms with van der Waals surface area (Å²) in [7, 11) is 0. The van der Waals surface area contributed by atoms with Crippen molar-refractivity contribution in [1.82, 2.24) is 0 Å². The van der Waals surface area contributed by atoms with Crippen molar-refractivity contribution in [3.63, 3.8) is 0 Å². The van der Waals surface area contributed by atoms with Gasteiger partial charge in [0.1, 0.15) is 11.4 Å². The van der Waals surface area contributed by atoms with Gasteiger partial charge in [-0.25, -0.2) is 9.38 Å². The van der Waals surface area contributed by atoms with Gasteiger partial charge in [0.15, 0.2) is 5.13 Å². The fraction of sp³-hybridized carbons (Fsp3) is 0.250. The normalized spacial score (nSPS) is 20.2. The first-order chi connectivity index (χ1) is 11.4. The third-order valence-corrected chi connectivity index (χ3v) is 4.65. The van der Waals surface area contributed by atoms with Gasteiger partial charge in [-0.15, -0.1) is 11.3 Å². The number of amidine groups is 1. The molecule has 24 heavy (non-hydrogen) atoms. The number of halogens is 2. The van der Waals surface area contributed by atoms with E-state index in [1.165, 1.54) is 30.3 Å². The third-order valence-electron chi connectivity index (χ3n) is 3.78. The van der Waals surface area contributed by atoms with Crippen LogP contribution in [-0.4, -0.2) is 18.5 Å². The Kier molecular flexibility index (Phi) is 4.23. The van der Waals surface area contributed by atoms with Crippen molar-refractivity contribution >= 4 is 29.0 Å². The molecule has 0 saturated heterocycles. The molecule has 0 unspecified atom stereocenters. The Balaban J connectivity index is 1.86. The van der Waals surface area contributed by atoms with E-state index in [4.69, 9.17) is 10.5 Å². The summed E-state index contributed by atoms with van der Waals surface area (Å²) >= 11 is 0.740. The first-order valence-electron chi connectivity index (χ1n) is 7.23. The zero-order valence-corrected chi connectivity index (χ0v) is 13.6. The molecule has 126 valence electrons. The largest absolute Gasteiger partial charge is 0.454 e. The predicted octanol–water partition coefficient (Wildman–Crippen LogP) is 3.23. The molecule has 2 aromatic rings. The second kappa shape index (κ2) is 6.20. The van der Waals surface area contributed by atoms with Crippen LogP contribution in [0, 0.1) is 10.9 Å². The molecule has 8 heteroatoms. The van der Waals surface area contributed by atoms with Crippen molar-refractivity contribution in [3.05, 3.63) is 51.7 Å². The van der Waals surface area contributed by atoms with Crippen molar-refractivity contribution in [3.8, 4) is 0 Å². The maximum Gasteiger partial charge on any atom is 0.282 e. The first-order valence-corrected chi connectivity index (χ1v) is 8.05. The molecule has 1 atom stereocenters. The minimum absolute atomic E-state index is 0.00616. The van der Waals surface area contributed by atoms with E-state index in [-0.39, 0.29) is 16.5 Å². The lowest BCUT2D eigenvalue weighted by atomic mass is 9.90. The van der Waals surface area contributed by atoms with Crippen molar-refractivity contribution in [2.75, 3.05) is 11.9 Å². The lowest BCUT2D eigenvalue weighted by molar-refractivity contribution is 0.0482. The third kappa shape index (κ3) is 3.23. The number of carbonyl (C=O) groups excluding carboxylic acids is 1. The standard InChI is InChI=1S/C16H15F2N3O2S/c1-16(6-7-20-15(19)23-16)10-8-9(2-3-11(10)17)21-14(22)12-4-5-13(18)24-12/h2-5,8H,6-7H2,1H3,(H2,19,20)(H,21,22)/t16-/m0/s1. The second-order valence-electron chi connectivity index (χ2n) is 5.56. The highest BCUT2D eigenvalue weighted by Gasteiger charge is 2.35. The molecule has 1 aliphatic heterocycles. The van der Waals surface area contributed by atoms with Crippen LogP contribution in [0.3, 0.4) is 0 Å². The average Bonchev–Trinajstić information content (AvgIpc) is 2.95. The Morgan fingerprint density at radius 3 is 2.83 bits per heavy atom. The molecular formula is C16H15F2N3O2S. The van der Waals surface area contributed by atoms with Gasteiger partial charge in [0.2, 0.25) is 0 Å². The highest BCUT2D eigenvalue weighted by molar-refractivity contribution is 7.12. The van der Waals surface area contributed by atoms with Crippen LogP contribution in [-0.2, 0) is 10.3 Å². The second-order valence-corrected chi connectivity index (χ2v) is 6.59. The number of ether oxygens (including phenoxy) is 1. The number of amides is 1. The number of thiophene rings is 1. The van der Waals surface area contributed by atoms with E-state index in [0.717, 1.165) is 11.3 Å². The number of anilines is 1. The van der Waals surface area contributed by atoms with Gasteiger partial charge < -0.3 is 15.8 Å². The summed E-state index contributed by atoms with van der Waals surface area (Å²) in [6.07, 6.45) is 0.457. The maximum absolute atomic E-state index is 14.3. The number of nitrogens with two attached hydrogens (primary N) is 1. The number of benzene rings is 1. The zero-order chi connectivity index (χ0) is 17.3. The number of nitrogens with one attached hydrogen (secondary N) is 1. The van der Waals surface area contributed by atoms with Gasteiger partial charge in [0.05, 0.1) is 4.88 Å². The molecule has 1 amide bonds. The monoisotopic (exact) mass is 351 g/mol. The van der Waals surface area contributed by atoms with Crippen molar-refractivity contribution in [1.29, 1.82) is 0 Å². The van der Waals surface area contributed by atoms with Gasteiger partial charge in [0.25, 0.3) is 11.9 Å². The molecule has 0 aliphatic carbocycles. The van der Waals surface area contributed by atoms with Crippen LogP contribution in [0.4, 0.5) is 14.5 Å². The number of hydrogen-bond donors (Lipinski definition) is 2. The van der Waals surface area contributed by atoms with E-state index in [2.05, 4.69) is 10.3 Å². The van der Waals surface area contributed by atoms with E-state index in [9.17, 15) is 13.6 Å². The summed E-state index contributed by atoms with van der Waals surface area (Å²) in [6.45, 7) is 2.14. The molecule has 1 aromatic carbocycles. The predicted molar refractivity (Wildman–Crippen MR) is 88.2 cm³/mol. The SMILES string of the molecule is C[C@@]1(c2cc(NC(=O)c3ccc(F)s3)ccc2F)CCN=C(N)O1. The maximum atomic E-state index is 14.3. The highest BCUT2D eigenvalue weighted by atomic mass is 32.1. The van der Waals surface area contributed by atoms with Gasteiger partial charge in [-0.3, -0.25) is 4.79 Å². The summed E-state index contributed by atoms with van der Waals surface area (Å²) in [5.74, 6) is -0.926. The smallest absolute Gasteiger partial charge is 0.282 e. The molecule has 0 radical (unpaired) electrons. The van der Waals surface area contributed by atoms with Crippen molar-refractivity contribution in [2.45, 2.75) is 18.9 Å². The van der Waals surface area contributed by atoms with Crippen LogP contribution in [0.2, 0.25) is 0 Å². The fourth-order valence-corrected chi connectivity index (χ4v) is 3.15. The van der Waals surface area contributed by atoms with Gasteiger partial charge in [-0.2, -0.15) is 4.39 Å². The molecule has 2 heterocycles. The summed E-state index contributed by atoms with van der Waals surface area (Å²) in [5, 5.41) is 2.18. The summed E-state index contributed by atoms with van der Waals surface area (Å²) in [5.41, 5.74) is 5.29. The van der Waals surface area contributed by atoms with E-state index >= 15 is 0 Å². The molecule has 0 fully saturated rings. The van der Waals surface area contributed by atoms with Gasteiger partial charge in [-0.05, 0) is 37.3 Å². The van der Waals surface area contributed by atoms with Crippen LogP contribution >= 0.6 is 11.3 Å². The van der Waals surface area contributed by atoms with E-state index in [0.29, 0.717) is 18.7 Å². The number of rotatable bonds is 3. The minimum atomic E-state index is -0.967. The molecule has 3 N–H and O–H groups in total. The van der Waals surface area contributed by atoms with Gasteiger partial charge >= 0.3 is 0 Å². The van der Waals surface area contributed by atoms with Gasteiger partial charge in [0, 0.05) is 24.2 Å². The average molecular weight is 351 g/mol. The summed E-state index contributed by atoms with van der Waals surface area (Å²) in [4.78, 5) is 16.3. The van der Waals surface area contributed by atoms with Gasteiger partial charge in [-0.1, -0.05) is 0 Å². The molecular weight excluding hydrogens is 336 g/mol. The van der Waals surface area contributed by atoms with Crippen molar-refractivity contribution < 1.29 is 18.3 Å². The molecule has 3 rings (SSSR count). The first kappa shape index (κ1) is 16.4. The Hall–Kier alpha value is -2.48. The highest BCUT2D eigenvalue weighted by Crippen LogP contribution is 2.34. The number of aliphatic imine (C=N–C) groups is 1. The quantitative estimate of drug-likeness (QED) is 0.891. The molecule has 0 spiro atoms. The van der Waals surface area contributed by atoms with Crippen LogP contribution in [0.1, 0.15) is 28.6 Å². The molecule has 0 bridgehead atoms. The summed E-state index contributed by atoms with van der Waals surface area (Å²) < 4.78 is 32.8. The number of carbonyl (C=O) groups is 1. The van der Waals surface area contributed by atoms with Crippen LogP contribution in [0.25, 0.3) is 0 Å². The minimum Gasteiger partial charge on any atom is -0.454 e. The summed E-state index contributed by atoms with van der Waals surface area (Å²) in [6, 6.07) is 6.79. The molecule has 1 aliphatic rings. The van der Waals surface area contributed by atoms with Crippen LogP contribution < -0.4 is 11.1 Å². The Morgan fingerprint density at radius 2 is 2.17 bits per heavy atom. The van der Waals surface area contributed by atoms with Crippen molar-refractivity contribution in [2.24, 2.45) is 10.7 Å². The van der Waals surface area contributed by atoms with E-state index in [1.54, 1.807) is 6.92 Å². The topological polar surface area (TPSA) is 76.7 Å². The number of hydrogen-bond acceptors (Lipinski definition) is 5. The Morgan fingerprint density at radius 1 is 1.38 bits per heavy atom.